The third-order valence-corrected chi connectivity index (χ3v) is 7.69. The Morgan fingerprint density at radius 2 is 1.71 bits per heavy atom. The van der Waals surface area contributed by atoms with E-state index in [-0.39, 0.29) is 11.5 Å². The lowest BCUT2D eigenvalue weighted by Crippen LogP contribution is -2.51. The first-order chi connectivity index (χ1) is 17.1. The van der Waals surface area contributed by atoms with Crippen LogP contribution in [-0.4, -0.2) is 101 Å². The Hall–Kier alpha value is -3.05. The van der Waals surface area contributed by atoms with Crippen LogP contribution >= 0.6 is 11.3 Å². The average molecular weight is 493 g/mol. The molecule has 0 bridgehead atoms. The molecule has 2 aliphatic rings. The Morgan fingerprint density at radius 3 is 2.51 bits per heavy atom. The van der Waals surface area contributed by atoms with E-state index in [0.717, 1.165) is 87.5 Å². The zero-order chi connectivity index (χ0) is 23.8. The van der Waals surface area contributed by atoms with E-state index >= 15 is 0 Å². The SMILES string of the molecule is O=C(c1ccc2[nH]c(-c3nc4cscc4[nH]c3=O)cc2c1)N1CCN(CCN2CCOCC2)CC1. The van der Waals surface area contributed by atoms with Crippen LogP contribution in [0, 0.1) is 0 Å². The van der Waals surface area contributed by atoms with Crippen molar-refractivity contribution in [3.05, 3.63) is 50.9 Å². The van der Waals surface area contributed by atoms with Gasteiger partial charge in [0.05, 0.1) is 29.9 Å². The summed E-state index contributed by atoms with van der Waals surface area (Å²) in [6.45, 7) is 9.02. The molecule has 0 radical (unpaired) electrons. The van der Waals surface area contributed by atoms with Crippen molar-refractivity contribution in [3.63, 3.8) is 0 Å². The fourth-order valence-corrected chi connectivity index (χ4v) is 5.56. The first-order valence-corrected chi connectivity index (χ1v) is 13.0. The molecule has 2 fully saturated rings. The minimum Gasteiger partial charge on any atom is -0.379 e. The van der Waals surface area contributed by atoms with Crippen LogP contribution in [0.25, 0.3) is 33.3 Å². The smallest absolute Gasteiger partial charge is 0.276 e. The predicted octanol–water partition coefficient (Wildman–Crippen LogP) is 2.22. The standard InChI is InChI=1S/C25H28N6O3S/c32-24-23(27-21-15-35-16-22(21)28-24)20-14-18-13-17(1-2-19(18)26-20)25(33)31-7-5-29(6-8-31)3-4-30-9-11-34-12-10-30/h1-2,13-16,26H,3-12H2,(H,28,32). The number of morpholine rings is 1. The van der Waals surface area contributed by atoms with Gasteiger partial charge in [0.1, 0.15) is 0 Å². The van der Waals surface area contributed by atoms with Gasteiger partial charge in [0.2, 0.25) is 0 Å². The van der Waals surface area contributed by atoms with Crippen molar-refractivity contribution in [2.45, 2.75) is 0 Å². The molecule has 9 nitrogen and oxygen atoms in total. The highest BCUT2D eigenvalue weighted by Crippen LogP contribution is 2.24. The number of piperazine rings is 1. The van der Waals surface area contributed by atoms with E-state index in [9.17, 15) is 9.59 Å². The van der Waals surface area contributed by atoms with Crippen molar-refractivity contribution < 1.29 is 9.53 Å². The first-order valence-electron chi connectivity index (χ1n) is 12.1. The Morgan fingerprint density at radius 1 is 0.943 bits per heavy atom. The van der Waals surface area contributed by atoms with Gasteiger partial charge in [-0.3, -0.25) is 19.4 Å². The van der Waals surface area contributed by atoms with Crippen LogP contribution in [-0.2, 0) is 4.74 Å². The molecule has 182 valence electrons. The van der Waals surface area contributed by atoms with E-state index in [1.54, 1.807) is 0 Å². The van der Waals surface area contributed by atoms with Crippen LogP contribution in [0.1, 0.15) is 10.4 Å². The van der Waals surface area contributed by atoms with Crippen LogP contribution in [0.3, 0.4) is 0 Å². The fraction of sp³-hybridized carbons (Fsp3) is 0.400. The summed E-state index contributed by atoms with van der Waals surface area (Å²) in [5.41, 5.74) is 3.82. The summed E-state index contributed by atoms with van der Waals surface area (Å²) in [5.74, 6) is 0.0538. The molecule has 5 heterocycles. The highest BCUT2D eigenvalue weighted by atomic mass is 32.1. The summed E-state index contributed by atoms with van der Waals surface area (Å²) < 4.78 is 5.42. The second-order valence-electron chi connectivity index (χ2n) is 9.16. The number of carbonyl (C=O) groups excluding carboxylic acids is 1. The maximum Gasteiger partial charge on any atom is 0.276 e. The number of nitrogens with zero attached hydrogens (tertiary/aromatic N) is 4. The van der Waals surface area contributed by atoms with Gasteiger partial charge in [0.15, 0.2) is 5.69 Å². The number of nitrogens with one attached hydrogen (secondary N) is 2. The number of hydrogen-bond acceptors (Lipinski definition) is 7. The predicted molar refractivity (Wildman–Crippen MR) is 137 cm³/mol. The number of hydrogen-bond donors (Lipinski definition) is 2. The topological polar surface area (TPSA) is 97.6 Å². The largest absolute Gasteiger partial charge is 0.379 e. The van der Waals surface area contributed by atoms with Crippen LogP contribution in [0.4, 0.5) is 0 Å². The zero-order valence-electron chi connectivity index (χ0n) is 19.5. The van der Waals surface area contributed by atoms with Gasteiger partial charge in [-0.2, -0.15) is 0 Å². The van der Waals surface area contributed by atoms with Crippen molar-refractivity contribution in [3.8, 4) is 11.4 Å². The molecule has 0 saturated carbocycles. The minimum absolute atomic E-state index is 0.0538. The van der Waals surface area contributed by atoms with Gasteiger partial charge in [-0.05, 0) is 24.3 Å². The molecule has 0 atom stereocenters. The van der Waals surface area contributed by atoms with E-state index in [4.69, 9.17) is 4.74 Å². The van der Waals surface area contributed by atoms with E-state index < -0.39 is 0 Å². The molecule has 10 heteroatoms. The number of amides is 1. The van der Waals surface area contributed by atoms with Gasteiger partial charge in [-0.15, -0.1) is 11.3 Å². The maximum absolute atomic E-state index is 13.2. The Balaban J connectivity index is 1.13. The molecular weight excluding hydrogens is 464 g/mol. The van der Waals surface area contributed by atoms with Gasteiger partial charge in [0.25, 0.3) is 11.5 Å². The number of H-pyrrole nitrogens is 2. The maximum atomic E-state index is 13.2. The number of thiophene rings is 1. The summed E-state index contributed by atoms with van der Waals surface area (Å²) >= 11 is 1.50. The van der Waals surface area contributed by atoms with Crippen LogP contribution in [0.15, 0.2) is 39.8 Å². The number of carbonyl (C=O) groups is 1. The second kappa shape index (κ2) is 9.54. The summed E-state index contributed by atoms with van der Waals surface area (Å²) in [6, 6.07) is 7.56. The molecule has 2 saturated heterocycles. The number of fused-ring (bicyclic) bond motifs is 2. The summed E-state index contributed by atoms with van der Waals surface area (Å²) in [7, 11) is 0. The Kier molecular flexibility index (Phi) is 6.11. The monoisotopic (exact) mass is 492 g/mol. The van der Waals surface area contributed by atoms with E-state index in [1.165, 1.54) is 11.3 Å². The lowest BCUT2D eigenvalue weighted by Gasteiger charge is -2.36. The first kappa shape index (κ1) is 22.4. The normalized spacial score (nSPS) is 18.0. The number of aromatic amines is 2. The molecule has 2 aliphatic heterocycles. The Bertz CT molecular complexity index is 1410. The molecule has 4 aromatic rings. The molecule has 1 amide bonds. The van der Waals surface area contributed by atoms with E-state index in [2.05, 4.69) is 24.8 Å². The Labute approximate surface area is 206 Å². The van der Waals surface area contributed by atoms with Crippen molar-refractivity contribution in [1.29, 1.82) is 0 Å². The number of ether oxygens (including phenoxy) is 1. The average Bonchev–Trinajstić information content (AvgIpc) is 3.53. The molecule has 1 aromatic carbocycles. The molecular formula is C25H28N6O3S. The number of aromatic nitrogens is 3. The highest BCUT2D eigenvalue weighted by molar-refractivity contribution is 7.09. The fourth-order valence-electron chi connectivity index (χ4n) is 4.86. The molecule has 0 unspecified atom stereocenters. The van der Waals surface area contributed by atoms with Crippen molar-refractivity contribution >= 4 is 39.2 Å². The van der Waals surface area contributed by atoms with E-state index in [1.807, 2.05) is 39.9 Å². The summed E-state index contributed by atoms with van der Waals surface area (Å²) in [4.78, 5) is 43.3. The van der Waals surface area contributed by atoms with Gasteiger partial charge < -0.3 is 19.6 Å². The molecule has 0 spiro atoms. The van der Waals surface area contributed by atoms with Gasteiger partial charge in [-0.1, -0.05) is 0 Å². The van der Waals surface area contributed by atoms with Crippen LogP contribution in [0.5, 0.6) is 0 Å². The molecule has 3 aromatic heterocycles. The minimum atomic E-state index is -0.231. The molecule has 0 aliphatic carbocycles. The molecule has 2 N–H and O–H groups in total. The third-order valence-electron chi connectivity index (χ3n) is 6.96. The quantitative estimate of drug-likeness (QED) is 0.444. The lowest BCUT2D eigenvalue weighted by atomic mass is 10.1. The van der Waals surface area contributed by atoms with Crippen molar-refractivity contribution in [2.75, 3.05) is 65.6 Å². The summed E-state index contributed by atoms with van der Waals surface area (Å²) in [6.07, 6.45) is 0. The number of benzene rings is 1. The van der Waals surface area contributed by atoms with Crippen molar-refractivity contribution in [2.24, 2.45) is 0 Å². The van der Waals surface area contributed by atoms with E-state index in [0.29, 0.717) is 17.0 Å². The third kappa shape index (κ3) is 4.62. The van der Waals surface area contributed by atoms with Crippen molar-refractivity contribution in [1.82, 2.24) is 29.7 Å². The van der Waals surface area contributed by atoms with Gasteiger partial charge >= 0.3 is 0 Å². The van der Waals surface area contributed by atoms with Crippen LogP contribution in [0.2, 0.25) is 0 Å². The highest BCUT2D eigenvalue weighted by Gasteiger charge is 2.23. The molecule has 35 heavy (non-hydrogen) atoms. The number of rotatable bonds is 5. The summed E-state index contributed by atoms with van der Waals surface area (Å²) in [5, 5.41) is 4.68. The molecule has 6 rings (SSSR count). The van der Waals surface area contributed by atoms with Gasteiger partial charge in [0, 0.05) is 79.6 Å². The lowest BCUT2D eigenvalue weighted by molar-refractivity contribution is 0.0293. The zero-order valence-corrected chi connectivity index (χ0v) is 20.3. The second-order valence-corrected chi connectivity index (χ2v) is 9.90. The van der Waals surface area contributed by atoms with Crippen LogP contribution < -0.4 is 5.56 Å². The van der Waals surface area contributed by atoms with Gasteiger partial charge in [-0.25, -0.2) is 4.98 Å².